The van der Waals surface area contributed by atoms with Crippen molar-refractivity contribution >= 4 is 11.7 Å². The first-order valence-corrected chi connectivity index (χ1v) is 5.84. The van der Waals surface area contributed by atoms with Crippen LogP contribution in [-0.2, 0) is 4.74 Å². The van der Waals surface area contributed by atoms with Gasteiger partial charge >= 0.3 is 5.97 Å². The second-order valence-corrected chi connectivity index (χ2v) is 3.89. The van der Waals surface area contributed by atoms with Crippen molar-refractivity contribution in [3.8, 4) is 11.1 Å². The molecule has 2 rings (SSSR count). The third kappa shape index (κ3) is 2.51. The third-order valence-corrected chi connectivity index (χ3v) is 2.66. The van der Waals surface area contributed by atoms with Crippen LogP contribution in [-0.4, -0.2) is 12.6 Å². The molecule has 0 radical (unpaired) electrons. The van der Waals surface area contributed by atoms with E-state index in [1.807, 2.05) is 36.4 Å². The smallest absolute Gasteiger partial charge is 0.340 e. The minimum absolute atomic E-state index is 0.341. The van der Waals surface area contributed by atoms with Crippen LogP contribution in [0.2, 0.25) is 0 Å². The Hall–Kier alpha value is -2.29. The highest BCUT2D eigenvalue weighted by Gasteiger charge is 2.11. The highest BCUT2D eigenvalue weighted by molar-refractivity contribution is 5.96. The number of esters is 1. The van der Waals surface area contributed by atoms with Crippen molar-refractivity contribution in [2.75, 3.05) is 12.3 Å². The summed E-state index contributed by atoms with van der Waals surface area (Å²) in [5.41, 5.74) is 8.65. The molecule has 0 unspecified atom stereocenters. The Morgan fingerprint density at radius 3 is 2.50 bits per heavy atom. The number of rotatable bonds is 3. The topological polar surface area (TPSA) is 52.3 Å². The summed E-state index contributed by atoms with van der Waals surface area (Å²) in [6.45, 7) is 2.11. The molecule has 0 fully saturated rings. The molecule has 92 valence electrons. The summed E-state index contributed by atoms with van der Waals surface area (Å²) in [4.78, 5) is 11.7. The van der Waals surface area contributed by atoms with Crippen LogP contribution in [0, 0.1) is 0 Å². The number of carbonyl (C=O) groups is 1. The van der Waals surface area contributed by atoms with Gasteiger partial charge in [-0.1, -0.05) is 36.4 Å². The Bertz CT molecular complexity index is 550. The molecule has 2 N–H and O–H groups in total. The average Bonchev–Trinajstić information content (AvgIpc) is 2.40. The van der Waals surface area contributed by atoms with Crippen molar-refractivity contribution in [2.24, 2.45) is 0 Å². The average molecular weight is 241 g/mol. The van der Waals surface area contributed by atoms with Gasteiger partial charge in [0, 0.05) is 5.69 Å². The minimum Gasteiger partial charge on any atom is -0.462 e. The van der Waals surface area contributed by atoms with Gasteiger partial charge in [0.05, 0.1) is 12.2 Å². The summed E-state index contributed by atoms with van der Waals surface area (Å²) < 4.78 is 4.98. The summed E-state index contributed by atoms with van der Waals surface area (Å²) in [5, 5.41) is 0. The summed E-state index contributed by atoms with van der Waals surface area (Å²) in [6.07, 6.45) is 0. The summed E-state index contributed by atoms with van der Waals surface area (Å²) in [6, 6.07) is 15.2. The molecule has 0 amide bonds. The second kappa shape index (κ2) is 5.36. The first kappa shape index (κ1) is 12.2. The van der Waals surface area contributed by atoms with E-state index in [0.717, 1.165) is 11.1 Å². The lowest BCUT2D eigenvalue weighted by Crippen LogP contribution is -2.08. The highest BCUT2D eigenvalue weighted by Crippen LogP contribution is 2.24. The SMILES string of the molecule is CCOC(=O)c1cc(-c2ccccc2)ccc1N. The number of benzene rings is 2. The zero-order valence-corrected chi connectivity index (χ0v) is 10.2. The quantitative estimate of drug-likeness (QED) is 0.663. The van der Waals surface area contributed by atoms with E-state index >= 15 is 0 Å². The van der Waals surface area contributed by atoms with Gasteiger partial charge in [-0.25, -0.2) is 4.79 Å². The van der Waals surface area contributed by atoms with Gasteiger partial charge in [-0.05, 0) is 30.2 Å². The molecule has 0 saturated heterocycles. The van der Waals surface area contributed by atoms with E-state index in [2.05, 4.69) is 0 Å². The predicted molar refractivity (Wildman–Crippen MR) is 72.2 cm³/mol. The Morgan fingerprint density at radius 1 is 1.11 bits per heavy atom. The van der Waals surface area contributed by atoms with Crippen LogP contribution in [0.15, 0.2) is 48.5 Å². The molecule has 0 aliphatic rings. The Kier molecular flexibility index (Phi) is 3.63. The second-order valence-electron chi connectivity index (χ2n) is 3.89. The Morgan fingerprint density at radius 2 is 1.83 bits per heavy atom. The molecular formula is C15H15NO2. The van der Waals surface area contributed by atoms with Gasteiger partial charge in [-0.3, -0.25) is 0 Å². The molecular weight excluding hydrogens is 226 g/mol. The zero-order chi connectivity index (χ0) is 13.0. The van der Waals surface area contributed by atoms with Gasteiger partial charge in [-0.15, -0.1) is 0 Å². The fourth-order valence-electron chi connectivity index (χ4n) is 1.75. The number of carbonyl (C=O) groups excluding carboxylic acids is 1. The highest BCUT2D eigenvalue weighted by atomic mass is 16.5. The number of nitrogen functional groups attached to an aromatic ring is 1. The molecule has 0 saturated carbocycles. The fourth-order valence-corrected chi connectivity index (χ4v) is 1.75. The largest absolute Gasteiger partial charge is 0.462 e. The van der Waals surface area contributed by atoms with E-state index in [0.29, 0.717) is 17.9 Å². The molecule has 3 heteroatoms. The third-order valence-electron chi connectivity index (χ3n) is 2.66. The van der Waals surface area contributed by atoms with E-state index < -0.39 is 0 Å². The maximum atomic E-state index is 11.7. The molecule has 0 atom stereocenters. The number of nitrogens with two attached hydrogens (primary N) is 1. The van der Waals surface area contributed by atoms with Crippen LogP contribution in [0.1, 0.15) is 17.3 Å². The van der Waals surface area contributed by atoms with Gasteiger partial charge in [-0.2, -0.15) is 0 Å². The van der Waals surface area contributed by atoms with Crippen LogP contribution >= 0.6 is 0 Å². The van der Waals surface area contributed by atoms with E-state index in [1.165, 1.54) is 0 Å². The first-order chi connectivity index (χ1) is 8.72. The van der Waals surface area contributed by atoms with Crippen molar-refractivity contribution in [3.05, 3.63) is 54.1 Å². The number of anilines is 1. The van der Waals surface area contributed by atoms with Crippen LogP contribution < -0.4 is 5.73 Å². The molecule has 2 aromatic rings. The molecule has 0 bridgehead atoms. The van der Waals surface area contributed by atoms with Crippen molar-refractivity contribution in [1.29, 1.82) is 0 Å². The van der Waals surface area contributed by atoms with Gasteiger partial charge in [0.2, 0.25) is 0 Å². The molecule has 0 aliphatic carbocycles. The first-order valence-electron chi connectivity index (χ1n) is 5.84. The number of hydrogen-bond donors (Lipinski definition) is 1. The maximum absolute atomic E-state index is 11.7. The molecule has 0 aliphatic heterocycles. The Labute approximate surface area is 106 Å². The van der Waals surface area contributed by atoms with Crippen molar-refractivity contribution in [3.63, 3.8) is 0 Å². The van der Waals surface area contributed by atoms with Crippen LogP contribution in [0.3, 0.4) is 0 Å². The van der Waals surface area contributed by atoms with E-state index in [1.54, 1.807) is 19.1 Å². The van der Waals surface area contributed by atoms with E-state index in [-0.39, 0.29) is 5.97 Å². The summed E-state index contributed by atoms with van der Waals surface area (Å²) in [7, 11) is 0. The fraction of sp³-hybridized carbons (Fsp3) is 0.133. The Balaban J connectivity index is 2.41. The van der Waals surface area contributed by atoms with Crippen molar-refractivity contribution < 1.29 is 9.53 Å². The van der Waals surface area contributed by atoms with Crippen LogP contribution in [0.4, 0.5) is 5.69 Å². The van der Waals surface area contributed by atoms with Gasteiger partial charge < -0.3 is 10.5 Å². The van der Waals surface area contributed by atoms with Crippen molar-refractivity contribution in [1.82, 2.24) is 0 Å². The van der Waals surface area contributed by atoms with Crippen LogP contribution in [0.5, 0.6) is 0 Å². The van der Waals surface area contributed by atoms with Gasteiger partial charge in [0.25, 0.3) is 0 Å². The lowest BCUT2D eigenvalue weighted by atomic mass is 10.0. The maximum Gasteiger partial charge on any atom is 0.340 e. The molecule has 18 heavy (non-hydrogen) atoms. The standard InChI is InChI=1S/C15H15NO2/c1-2-18-15(17)13-10-12(8-9-14(13)16)11-6-4-3-5-7-11/h3-10H,2,16H2,1H3. The summed E-state index contributed by atoms with van der Waals surface area (Å²) >= 11 is 0. The van der Waals surface area contributed by atoms with Gasteiger partial charge in [0.15, 0.2) is 0 Å². The lowest BCUT2D eigenvalue weighted by molar-refractivity contribution is 0.0527. The zero-order valence-electron chi connectivity index (χ0n) is 10.2. The van der Waals surface area contributed by atoms with E-state index in [4.69, 9.17) is 10.5 Å². The predicted octanol–water partition coefficient (Wildman–Crippen LogP) is 3.11. The molecule has 3 nitrogen and oxygen atoms in total. The number of ether oxygens (including phenoxy) is 1. The van der Waals surface area contributed by atoms with Crippen molar-refractivity contribution in [2.45, 2.75) is 6.92 Å². The van der Waals surface area contributed by atoms with Gasteiger partial charge in [0.1, 0.15) is 0 Å². The lowest BCUT2D eigenvalue weighted by Gasteiger charge is -2.08. The normalized spacial score (nSPS) is 10.1. The molecule has 0 spiro atoms. The molecule has 0 aromatic heterocycles. The molecule has 0 heterocycles. The monoisotopic (exact) mass is 241 g/mol. The van der Waals surface area contributed by atoms with E-state index in [9.17, 15) is 4.79 Å². The minimum atomic E-state index is -0.382. The molecule has 2 aromatic carbocycles. The number of hydrogen-bond acceptors (Lipinski definition) is 3. The summed E-state index contributed by atoms with van der Waals surface area (Å²) in [5.74, 6) is -0.382. The van der Waals surface area contributed by atoms with Crippen LogP contribution in [0.25, 0.3) is 11.1 Å².